The molecule has 0 aliphatic rings. The molecule has 14 heavy (non-hydrogen) atoms. The topological polar surface area (TPSA) is 25.8 Å². The third kappa shape index (κ3) is 1.81. The fourth-order valence-electron chi connectivity index (χ4n) is 1.05. The predicted molar refractivity (Wildman–Crippen MR) is 62.7 cm³/mol. The van der Waals surface area contributed by atoms with Gasteiger partial charge in [0.05, 0.1) is 10.2 Å². The molecule has 4 heteroatoms. The molecule has 0 saturated heterocycles. The Balaban J connectivity index is 2.46. The first kappa shape index (κ1) is 9.68. The van der Waals surface area contributed by atoms with E-state index in [1.54, 1.807) is 29.4 Å². The first-order valence-electron chi connectivity index (χ1n) is 4.30. The fraction of sp³-hybridized carbons (Fsp3) is 0.200. The lowest BCUT2D eigenvalue weighted by Gasteiger charge is -2.00. The zero-order chi connectivity index (χ0) is 9.97. The van der Waals surface area contributed by atoms with Crippen molar-refractivity contribution in [3.8, 4) is 0 Å². The summed E-state index contributed by atoms with van der Waals surface area (Å²) in [5.41, 5.74) is 1.04. The van der Waals surface area contributed by atoms with Crippen molar-refractivity contribution in [1.29, 1.82) is 0 Å². The molecule has 0 fully saturated rings. The second-order valence-corrected chi connectivity index (χ2v) is 4.97. The predicted octanol–water partition coefficient (Wildman–Crippen LogP) is 3.71. The normalized spacial score (nSPS) is 12.3. The lowest BCUT2D eigenvalue weighted by atomic mass is 10.5. The van der Waals surface area contributed by atoms with Crippen molar-refractivity contribution in [3.63, 3.8) is 0 Å². The molecule has 0 bridgehead atoms. The van der Waals surface area contributed by atoms with Gasteiger partial charge in [0.15, 0.2) is 0 Å². The van der Waals surface area contributed by atoms with Crippen molar-refractivity contribution >= 4 is 33.3 Å². The second kappa shape index (κ2) is 4.11. The van der Waals surface area contributed by atoms with Crippen LogP contribution in [0.25, 0.3) is 10.2 Å². The van der Waals surface area contributed by atoms with Gasteiger partial charge in [0.25, 0.3) is 0 Å². The van der Waals surface area contributed by atoms with Crippen LogP contribution in [0.15, 0.2) is 33.8 Å². The molecule has 0 aliphatic carbocycles. The Bertz CT molecular complexity index is 474. The number of hydrogen-bond acceptors (Lipinski definition) is 4. The van der Waals surface area contributed by atoms with Crippen LogP contribution in [-0.4, -0.2) is 9.97 Å². The van der Waals surface area contributed by atoms with Gasteiger partial charge in [-0.1, -0.05) is 17.8 Å². The minimum atomic E-state index is 1.04. The lowest BCUT2D eigenvalue weighted by Crippen LogP contribution is -1.82. The number of thiophene rings is 1. The van der Waals surface area contributed by atoms with Gasteiger partial charge in [0, 0.05) is 0 Å². The molecule has 72 valence electrons. The summed E-state index contributed by atoms with van der Waals surface area (Å²) in [6, 6.07) is 2.02. The molecule has 2 nitrogen and oxygen atoms in total. The highest BCUT2D eigenvalue weighted by Gasteiger charge is 2.05. The van der Waals surface area contributed by atoms with Gasteiger partial charge in [-0.05, 0) is 30.2 Å². The lowest BCUT2D eigenvalue weighted by molar-refractivity contribution is 1.11. The summed E-state index contributed by atoms with van der Waals surface area (Å²) in [6.07, 6.45) is 3.71. The van der Waals surface area contributed by atoms with Crippen LogP contribution < -0.4 is 0 Å². The summed E-state index contributed by atoms with van der Waals surface area (Å²) in [5, 5.41) is 3.11. The van der Waals surface area contributed by atoms with Crippen molar-refractivity contribution in [3.05, 3.63) is 28.8 Å². The highest BCUT2D eigenvalue weighted by atomic mass is 32.2. The second-order valence-electron chi connectivity index (χ2n) is 2.82. The van der Waals surface area contributed by atoms with Crippen LogP contribution in [0.3, 0.4) is 0 Å². The van der Waals surface area contributed by atoms with Crippen LogP contribution in [0.2, 0.25) is 0 Å². The Labute approximate surface area is 91.1 Å². The van der Waals surface area contributed by atoms with E-state index >= 15 is 0 Å². The van der Waals surface area contributed by atoms with E-state index in [0.717, 1.165) is 10.5 Å². The third-order valence-electron chi connectivity index (χ3n) is 1.87. The van der Waals surface area contributed by atoms with E-state index in [-0.39, 0.29) is 0 Å². The molecule has 2 heterocycles. The number of rotatable bonds is 2. The minimum Gasteiger partial charge on any atom is -0.235 e. The minimum absolute atomic E-state index is 1.04. The summed E-state index contributed by atoms with van der Waals surface area (Å²) < 4.78 is 1.18. The summed E-state index contributed by atoms with van der Waals surface area (Å²) in [6.45, 7) is 4.13. The first-order chi connectivity index (χ1) is 6.81. The average Bonchev–Trinajstić information content (AvgIpc) is 2.66. The van der Waals surface area contributed by atoms with E-state index < -0.39 is 0 Å². The van der Waals surface area contributed by atoms with Gasteiger partial charge in [-0.3, -0.25) is 0 Å². The zero-order valence-electron chi connectivity index (χ0n) is 8.02. The smallest absolute Gasteiger partial charge is 0.122 e. The molecule has 0 aliphatic heterocycles. The molecule has 0 N–H and O–H groups in total. The highest BCUT2D eigenvalue weighted by Crippen LogP contribution is 2.32. The molecular weight excluding hydrogens is 212 g/mol. The van der Waals surface area contributed by atoms with E-state index in [4.69, 9.17) is 0 Å². The maximum absolute atomic E-state index is 4.29. The Morgan fingerprint density at radius 1 is 1.50 bits per heavy atom. The van der Waals surface area contributed by atoms with E-state index in [1.807, 2.05) is 13.0 Å². The van der Waals surface area contributed by atoms with Crippen molar-refractivity contribution in [2.75, 3.05) is 0 Å². The van der Waals surface area contributed by atoms with Crippen LogP contribution in [-0.2, 0) is 0 Å². The van der Waals surface area contributed by atoms with E-state index in [0.29, 0.717) is 0 Å². The molecular formula is C10H10N2S2. The van der Waals surface area contributed by atoms with E-state index in [9.17, 15) is 0 Å². The average molecular weight is 222 g/mol. The van der Waals surface area contributed by atoms with Crippen molar-refractivity contribution in [1.82, 2.24) is 9.97 Å². The summed E-state index contributed by atoms with van der Waals surface area (Å²) in [5.74, 6) is 0. The summed E-state index contributed by atoms with van der Waals surface area (Å²) in [7, 11) is 0. The van der Waals surface area contributed by atoms with Crippen molar-refractivity contribution in [2.24, 2.45) is 0 Å². The summed E-state index contributed by atoms with van der Waals surface area (Å²) >= 11 is 3.39. The number of fused-ring (bicyclic) bond motifs is 1. The van der Waals surface area contributed by atoms with Crippen LogP contribution in [0.5, 0.6) is 0 Å². The van der Waals surface area contributed by atoms with Gasteiger partial charge in [0.1, 0.15) is 11.4 Å². The van der Waals surface area contributed by atoms with E-state index in [1.165, 1.54) is 9.61 Å². The largest absolute Gasteiger partial charge is 0.235 e. The Hall–Kier alpha value is -0.870. The fourth-order valence-corrected chi connectivity index (χ4v) is 2.77. The molecule has 0 saturated carbocycles. The van der Waals surface area contributed by atoms with Crippen molar-refractivity contribution < 1.29 is 0 Å². The Morgan fingerprint density at radius 3 is 3.14 bits per heavy atom. The number of hydrogen-bond donors (Lipinski definition) is 0. The first-order valence-corrected chi connectivity index (χ1v) is 6.00. The molecule has 0 amide bonds. The summed E-state index contributed by atoms with van der Waals surface area (Å²) in [4.78, 5) is 9.75. The van der Waals surface area contributed by atoms with Gasteiger partial charge in [-0.2, -0.15) is 0 Å². The van der Waals surface area contributed by atoms with Crippen molar-refractivity contribution in [2.45, 2.75) is 18.9 Å². The zero-order valence-corrected chi connectivity index (χ0v) is 9.65. The molecule has 2 aromatic rings. The SMILES string of the molecule is C/C=C(\C)Sc1ncnc2ccsc12. The monoisotopic (exact) mass is 222 g/mol. The quantitative estimate of drug-likeness (QED) is 0.572. The van der Waals surface area contributed by atoms with Crippen LogP contribution in [0.1, 0.15) is 13.8 Å². The van der Waals surface area contributed by atoms with Gasteiger partial charge in [0.2, 0.25) is 0 Å². The van der Waals surface area contributed by atoms with Gasteiger partial charge in [-0.25, -0.2) is 9.97 Å². The maximum Gasteiger partial charge on any atom is 0.122 e. The Kier molecular flexibility index (Phi) is 2.84. The number of thioether (sulfide) groups is 1. The van der Waals surface area contributed by atoms with E-state index in [2.05, 4.69) is 28.3 Å². The number of allylic oxidation sites excluding steroid dienone is 2. The molecule has 0 atom stereocenters. The van der Waals surface area contributed by atoms with Gasteiger partial charge < -0.3 is 0 Å². The van der Waals surface area contributed by atoms with Crippen LogP contribution >= 0.6 is 23.1 Å². The molecule has 0 radical (unpaired) electrons. The maximum atomic E-state index is 4.29. The van der Waals surface area contributed by atoms with Gasteiger partial charge in [-0.15, -0.1) is 11.3 Å². The number of nitrogens with zero attached hydrogens (tertiary/aromatic N) is 2. The molecule has 0 spiro atoms. The van der Waals surface area contributed by atoms with Gasteiger partial charge >= 0.3 is 0 Å². The van der Waals surface area contributed by atoms with Crippen LogP contribution in [0, 0.1) is 0 Å². The Morgan fingerprint density at radius 2 is 2.36 bits per heavy atom. The standard InChI is InChI=1S/C10H10N2S2/c1-3-7(2)14-10-9-8(4-5-13-9)11-6-12-10/h3-6H,1-2H3/b7-3+. The number of aromatic nitrogens is 2. The molecule has 0 unspecified atom stereocenters. The molecule has 2 aromatic heterocycles. The van der Waals surface area contributed by atoms with Crippen LogP contribution in [0.4, 0.5) is 0 Å². The highest BCUT2D eigenvalue weighted by molar-refractivity contribution is 8.03. The third-order valence-corrected chi connectivity index (χ3v) is 3.97. The molecule has 2 rings (SSSR count). The molecule has 0 aromatic carbocycles.